The SMILES string of the molecule is COCc1nc(CCNS(=O)(=O)c2ccc(OC(C)C)cc2)cs1. The zero-order chi connectivity index (χ0) is 17.6. The molecule has 0 spiro atoms. The molecule has 2 rings (SSSR count). The maximum absolute atomic E-state index is 12.3. The number of hydrogen-bond acceptors (Lipinski definition) is 6. The van der Waals surface area contributed by atoms with E-state index in [0.717, 1.165) is 10.7 Å². The monoisotopic (exact) mass is 370 g/mol. The van der Waals surface area contributed by atoms with E-state index >= 15 is 0 Å². The fraction of sp³-hybridized carbons (Fsp3) is 0.438. The van der Waals surface area contributed by atoms with Gasteiger partial charge < -0.3 is 9.47 Å². The number of nitrogens with one attached hydrogen (secondary N) is 1. The van der Waals surface area contributed by atoms with Gasteiger partial charge in [-0.2, -0.15) is 0 Å². The average Bonchev–Trinajstić information content (AvgIpc) is 2.95. The van der Waals surface area contributed by atoms with E-state index in [2.05, 4.69) is 9.71 Å². The van der Waals surface area contributed by atoms with Crippen molar-refractivity contribution in [3.05, 3.63) is 40.3 Å². The summed E-state index contributed by atoms with van der Waals surface area (Å²) in [6, 6.07) is 6.40. The smallest absolute Gasteiger partial charge is 0.240 e. The Labute approximate surface area is 146 Å². The van der Waals surface area contributed by atoms with Crippen LogP contribution in [0.15, 0.2) is 34.5 Å². The number of sulfonamides is 1. The highest BCUT2D eigenvalue weighted by Crippen LogP contribution is 2.17. The minimum atomic E-state index is -3.53. The summed E-state index contributed by atoms with van der Waals surface area (Å²) >= 11 is 1.51. The molecule has 1 aromatic heterocycles. The largest absolute Gasteiger partial charge is 0.491 e. The Hall–Kier alpha value is -1.48. The zero-order valence-corrected chi connectivity index (χ0v) is 15.6. The summed E-state index contributed by atoms with van der Waals surface area (Å²) in [5.74, 6) is 0.650. The molecule has 0 unspecified atom stereocenters. The lowest BCUT2D eigenvalue weighted by Crippen LogP contribution is -2.26. The molecule has 24 heavy (non-hydrogen) atoms. The molecule has 1 N–H and O–H groups in total. The highest BCUT2D eigenvalue weighted by atomic mass is 32.2. The minimum absolute atomic E-state index is 0.0479. The topological polar surface area (TPSA) is 77.5 Å². The third-order valence-corrected chi connectivity index (χ3v) is 5.39. The molecule has 132 valence electrons. The van der Waals surface area contributed by atoms with Gasteiger partial charge in [0.1, 0.15) is 10.8 Å². The maximum Gasteiger partial charge on any atom is 0.240 e. The summed E-state index contributed by atoms with van der Waals surface area (Å²) < 4.78 is 37.7. The molecule has 1 heterocycles. The molecule has 0 amide bonds. The van der Waals surface area contributed by atoms with Crippen molar-refractivity contribution >= 4 is 21.4 Å². The normalized spacial score (nSPS) is 11.8. The highest BCUT2D eigenvalue weighted by molar-refractivity contribution is 7.89. The number of thiazole rings is 1. The third kappa shape index (κ3) is 5.55. The molecule has 0 aliphatic heterocycles. The van der Waals surface area contributed by atoms with Gasteiger partial charge in [0.05, 0.1) is 23.3 Å². The van der Waals surface area contributed by atoms with E-state index in [1.165, 1.54) is 11.3 Å². The predicted octanol–water partition coefficient (Wildman–Crippen LogP) is 2.60. The molecule has 0 bridgehead atoms. The molecular formula is C16H22N2O4S2. The average molecular weight is 370 g/mol. The van der Waals surface area contributed by atoms with Crippen molar-refractivity contribution in [3.8, 4) is 5.75 Å². The van der Waals surface area contributed by atoms with Crippen molar-refractivity contribution in [2.45, 2.75) is 37.9 Å². The van der Waals surface area contributed by atoms with Gasteiger partial charge in [-0.05, 0) is 38.1 Å². The minimum Gasteiger partial charge on any atom is -0.491 e. The lowest BCUT2D eigenvalue weighted by atomic mass is 10.3. The van der Waals surface area contributed by atoms with Crippen LogP contribution in [0.2, 0.25) is 0 Å². The summed E-state index contributed by atoms with van der Waals surface area (Å²) in [6.45, 7) is 4.61. The predicted molar refractivity (Wildman–Crippen MR) is 93.9 cm³/mol. The Morgan fingerprint density at radius 1 is 1.25 bits per heavy atom. The van der Waals surface area contributed by atoms with Gasteiger partial charge in [-0.3, -0.25) is 0 Å². The summed E-state index contributed by atoms with van der Waals surface area (Å²) in [4.78, 5) is 4.59. The van der Waals surface area contributed by atoms with Crippen LogP contribution in [0.5, 0.6) is 5.75 Å². The second-order valence-electron chi connectivity index (χ2n) is 5.45. The molecule has 0 saturated carbocycles. The number of benzene rings is 1. The van der Waals surface area contributed by atoms with Gasteiger partial charge >= 0.3 is 0 Å². The molecule has 0 fully saturated rings. The number of ether oxygens (including phenoxy) is 2. The Kier molecular flexibility index (Phi) is 6.73. The lowest BCUT2D eigenvalue weighted by molar-refractivity contribution is 0.184. The molecule has 0 radical (unpaired) electrons. The summed E-state index contributed by atoms with van der Waals surface area (Å²) in [6.07, 6.45) is 0.584. The zero-order valence-electron chi connectivity index (χ0n) is 14.0. The Bertz CT molecular complexity index is 740. The van der Waals surface area contributed by atoms with Crippen LogP contribution in [0.4, 0.5) is 0 Å². The van der Waals surface area contributed by atoms with Gasteiger partial charge in [-0.15, -0.1) is 11.3 Å². The first-order chi connectivity index (χ1) is 11.4. The van der Waals surface area contributed by atoms with Gasteiger partial charge in [0.2, 0.25) is 10.0 Å². The summed E-state index contributed by atoms with van der Waals surface area (Å²) in [5, 5.41) is 2.80. The molecular weight excluding hydrogens is 348 g/mol. The third-order valence-electron chi connectivity index (χ3n) is 3.05. The molecule has 0 saturated heterocycles. The number of methoxy groups -OCH3 is 1. The van der Waals surface area contributed by atoms with Gasteiger partial charge in [0.25, 0.3) is 0 Å². The van der Waals surface area contributed by atoms with E-state index in [4.69, 9.17) is 9.47 Å². The Balaban J connectivity index is 1.90. The second kappa shape index (κ2) is 8.57. The van der Waals surface area contributed by atoms with Crippen LogP contribution < -0.4 is 9.46 Å². The van der Waals surface area contributed by atoms with Crippen molar-refractivity contribution in [1.82, 2.24) is 9.71 Å². The molecule has 2 aromatic rings. The molecule has 1 aromatic carbocycles. The van der Waals surface area contributed by atoms with Gasteiger partial charge in [-0.1, -0.05) is 0 Å². The second-order valence-corrected chi connectivity index (χ2v) is 8.16. The van der Waals surface area contributed by atoms with E-state index < -0.39 is 10.0 Å². The van der Waals surface area contributed by atoms with Crippen LogP contribution in [0, 0.1) is 0 Å². The number of rotatable bonds is 9. The van der Waals surface area contributed by atoms with Crippen molar-refractivity contribution in [1.29, 1.82) is 0 Å². The first kappa shape index (κ1) is 18.9. The van der Waals surface area contributed by atoms with Crippen molar-refractivity contribution in [2.75, 3.05) is 13.7 Å². The summed E-state index contributed by atoms with van der Waals surface area (Å²) in [7, 11) is -1.92. The van der Waals surface area contributed by atoms with E-state index in [1.54, 1.807) is 31.4 Å². The molecule has 6 nitrogen and oxygen atoms in total. The first-order valence-corrected chi connectivity index (χ1v) is 9.95. The number of hydrogen-bond donors (Lipinski definition) is 1. The van der Waals surface area contributed by atoms with E-state index in [0.29, 0.717) is 25.3 Å². The van der Waals surface area contributed by atoms with Gasteiger partial charge in [0.15, 0.2) is 0 Å². The Morgan fingerprint density at radius 2 is 1.96 bits per heavy atom. The van der Waals surface area contributed by atoms with Crippen molar-refractivity contribution in [2.24, 2.45) is 0 Å². The van der Waals surface area contributed by atoms with Crippen LogP contribution >= 0.6 is 11.3 Å². The standard InChI is InChI=1S/C16H22N2O4S2/c1-12(2)22-14-4-6-15(7-5-14)24(19,20)17-9-8-13-11-23-16(18-13)10-21-3/h4-7,11-12,17H,8-10H2,1-3H3. The highest BCUT2D eigenvalue weighted by Gasteiger charge is 2.14. The van der Waals surface area contributed by atoms with Gasteiger partial charge in [0, 0.05) is 25.5 Å². The van der Waals surface area contributed by atoms with Crippen LogP contribution in [0.1, 0.15) is 24.5 Å². The quantitative estimate of drug-likeness (QED) is 0.734. The van der Waals surface area contributed by atoms with Gasteiger partial charge in [-0.25, -0.2) is 18.1 Å². The molecule has 0 aliphatic carbocycles. The number of aromatic nitrogens is 1. The van der Waals surface area contributed by atoms with Crippen molar-refractivity contribution in [3.63, 3.8) is 0 Å². The molecule has 0 atom stereocenters. The lowest BCUT2D eigenvalue weighted by Gasteiger charge is -2.10. The fourth-order valence-corrected chi connectivity index (χ4v) is 3.85. The van der Waals surface area contributed by atoms with Crippen LogP contribution in [0.25, 0.3) is 0 Å². The molecule has 0 aliphatic rings. The summed E-state index contributed by atoms with van der Waals surface area (Å²) in [5.41, 5.74) is 0.857. The number of nitrogens with zero attached hydrogens (tertiary/aromatic N) is 1. The van der Waals surface area contributed by atoms with Crippen LogP contribution in [-0.2, 0) is 27.8 Å². The van der Waals surface area contributed by atoms with Crippen LogP contribution in [-0.4, -0.2) is 33.2 Å². The fourth-order valence-electron chi connectivity index (χ4n) is 2.02. The van der Waals surface area contributed by atoms with E-state index in [1.807, 2.05) is 19.2 Å². The first-order valence-electron chi connectivity index (χ1n) is 7.59. The maximum atomic E-state index is 12.3. The van der Waals surface area contributed by atoms with E-state index in [-0.39, 0.29) is 11.0 Å². The van der Waals surface area contributed by atoms with E-state index in [9.17, 15) is 8.42 Å². The molecule has 8 heteroatoms. The Morgan fingerprint density at radius 3 is 2.58 bits per heavy atom. The van der Waals surface area contributed by atoms with Crippen LogP contribution in [0.3, 0.4) is 0 Å². The van der Waals surface area contributed by atoms with Crippen molar-refractivity contribution < 1.29 is 17.9 Å².